The molecule has 8 heteroatoms. The predicted molar refractivity (Wildman–Crippen MR) is 123 cm³/mol. The molecule has 3 rings (SSSR count). The molecule has 0 aliphatic heterocycles. The van der Waals surface area contributed by atoms with Crippen LogP contribution in [0.2, 0.25) is 0 Å². The van der Waals surface area contributed by atoms with Crippen LogP contribution in [0.3, 0.4) is 0 Å². The number of thioether (sulfide) groups is 1. The third-order valence-electron chi connectivity index (χ3n) is 5.37. The van der Waals surface area contributed by atoms with Gasteiger partial charge in [-0.25, -0.2) is 0 Å². The number of amides is 2. The van der Waals surface area contributed by atoms with Crippen LogP contribution in [0.15, 0.2) is 42.1 Å². The molecule has 0 spiro atoms. The SMILES string of the molecule is C=CCn1c(SCC(=O)NC2CCCCC2)nnc1[C@@H](C)NC(=O)c1cccc(C)c1. The van der Waals surface area contributed by atoms with Crippen molar-refractivity contribution in [2.45, 2.75) is 69.7 Å². The van der Waals surface area contributed by atoms with Crippen LogP contribution in [0.1, 0.15) is 66.8 Å². The van der Waals surface area contributed by atoms with Crippen molar-refractivity contribution < 1.29 is 9.59 Å². The number of aryl methyl sites for hydroxylation is 1. The summed E-state index contributed by atoms with van der Waals surface area (Å²) in [5, 5.41) is 15.3. The van der Waals surface area contributed by atoms with Crippen LogP contribution in [0.4, 0.5) is 0 Å². The first-order valence-electron chi connectivity index (χ1n) is 10.8. The zero-order chi connectivity index (χ0) is 22.2. The molecule has 0 saturated heterocycles. The van der Waals surface area contributed by atoms with Gasteiger partial charge in [0.25, 0.3) is 5.91 Å². The minimum Gasteiger partial charge on any atom is -0.353 e. The molecule has 2 amide bonds. The van der Waals surface area contributed by atoms with Crippen molar-refractivity contribution in [1.29, 1.82) is 0 Å². The Labute approximate surface area is 188 Å². The zero-order valence-electron chi connectivity index (χ0n) is 18.3. The minimum atomic E-state index is -0.342. The fraction of sp³-hybridized carbons (Fsp3) is 0.478. The van der Waals surface area contributed by atoms with Crippen molar-refractivity contribution in [2.75, 3.05) is 5.75 Å². The molecule has 1 fully saturated rings. The molecule has 1 atom stereocenters. The van der Waals surface area contributed by atoms with Gasteiger partial charge in [-0.05, 0) is 38.8 Å². The lowest BCUT2D eigenvalue weighted by atomic mass is 9.95. The van der Waals surface area contributed by atoms with E-state index in [1.165, 1.54) is 31.0 Å². The van der Waals surface area contributed by atoms with E-state index in [2.05, 4.69) is 27.4 Å². The second-order valence-electron chi connectivity index (χ2n) is 8.00. The fourth-order valence-electron chi connectivity index (χ4n) is 3.81. The van der Waals surface area contributed by atoms with E-state index in [9.17, 15) is 9.59 Å². The molecule has 0 bridgehead atoms. The number of hydrogen-bond acceptors (Lipinski definition) is 5. The van der Waals surface area contributed by atoms with Gasteiger partial charge in [-0.3, -0.25) is 9.59 Å². The van der Waals surface area contributed by atoms with E-state index >= 15 is 0 Å². The summed E-state index contributed by atoms with van der Waals surface area (Å²) in [7, 11) is 0. The van der Waals surface area contributed by atoms with Crippen LogP contribution >= 0.6 is 11.8 Å². The Morgan fingerprint density at radius 3 is 2.77 bits per heavy atom. The first-order valence-corrected chi connectivity index (χ1v) is 11.8. The molecule has 2 aromatic rings. The van der Waals surface area contributed by atoms with Gasteiger partial charge in [-0.1, -0.05) is 54.8 Å². The highest BCUT2D eigenvalue weighted by Crippen LogP contribution is 2.22. The van der Waals surface area contributed by atoms with Crippen molar-refractivity contribution >= 4 is 23.6 Å². The average Bonchev–Trinajstić information content (AvgIpc) is 3.16. The normalized spacial score (nSPS) is 15.3. The van der Waals surface area contributed by atoms with E-state index in [4.69, 9.17) is 0 Å². The maximum absolute atomic E-state index is 12.6. The lowest BCUT2D eigenvalue weighted by molar-refractivity contribution is -0.119. The Bertz CT molecular complexity index is 920. The molecular weight excluding hydrogens is 410 g/mol. The number of carbonyl (C=O) groups is 2. The first-order chi connectivity index (χ1) is 15.0. The number of aromatic nitrogens is 3. The van der Waals surface area contributed by atoms with E-state index in [1.54, 1.807) is 12.1 Å². The van der Waals surface area contributed by atoms with E-state index in [1.807, 2.05) is 36.6 Å². The summed E-state index contributed by atoms with van der Waals surface area (Å²) >= 11 is 1.36. The molecule has 1 aliphatic carbocycles. The van der Waals surface area contributed by atoms with Gasteiger partial charge in [-0.2, -0.15) is 0 Å². The molecule has 31 heavy (non-hydrogen) atoms. The van der Waals surface area contributed by atoms with E-state index < -0.39 is 0 Å². The van der Waals surface area contributed by atoms with Crippen LogP contribution in [0, 0.1) is 6.92 Å². The van der Waals surface area contributed by atoms with Crippen molar-refractivity contribution in [2.24, 2.45) is 0 Å². The quantitative estimate of drug-likeness (QED) is 0.456. The van der Waals surface area contributed by atoms with Crippen molar-refractivity contribution in [3.05, 3.63) is 53.9 Å². The lowest BCUT2D eigenvalue weighted by Gasteiger charge is -2.22. The average molecular weight is 442 g/mol. The molecule has 1 saturated carbocycles. The van der Waals surface area contributed by atoms with Gasteiger partial charge >= 0.3 is 0 Å². The summed E-state index contributed by atoms with van der Waals surface area (Å²) in [6.45, 7) is 8.14. The Morgan fingerprint density at radius 1 is 1.29 bits per heavy atom. The second kappa shape index (κ2) is 11.1. The summed E-state index contributed by atoms with van der Waals surface area (Å²) in [6, 6.07) is 7.40. The molecule has 0 radical (unpaired) electrons. The highest BCUT2D eigenvalue weighted by molar-refractivity contribution is 7.99. The summed E-state index contributed by atoms with van der Waals surface area (Å²) in [5.41, 5.74) is 1.64. The topological polar surface area (TPSA) is 88.9 Å². The Kier molecular flexibility index (Phi) is 8.28. The number of nitrogens with zero attached hydrogens (tertiary/aromatic N) is 3. The summed E-state index contributed by atoms with van der Waals surface area (Å²) in [6.07, 6.45) is 7.50. The van der Waals surface area contributed by atoms with Gasteiger partial charge < -0.3 is 15.2 Å². The van der Waals surface area contributed by atoms with Crippen molar-refractivity contribution in [3.63, 3.8) is 0 Å². The number of carbonyl (C=O) groups excluding carboxylic acids is 2. The van der Waals surface area contributed by atoms with Crippen LogP contribution < -0.4 is 10.6 Å². The molecule has 7 nitrogen and oxygen atoms in total. The van der Waals surface area contributed by atoms with Crippen LogP contribution in [-0.2, 0) is 11.3 Å². The van der Waals surface area contributed by atoms with Crippen molar-refractivity contribution in [3.8, 4) is 0 Å². The summed E-state index contributed by atoms with van der Waals surface area (Å²) in [4.78, 5) is 25.0. The zero-order valence-corrected chi connectivity index (χ0v) is 19.1. The van der Waals surface area contributed by atoms with E-state index in [-0.39, 0.29) is 23.6 Å². The van der Waals surface area contributed by atoms with Crippen molar-refractivity contribution in [1.82, 2.24) is 25.4 Å². The van der Waals surface area contributed by atoms with Crippen LogP contribution in [0.25, 0.3) is 0 Å². The largest absolute Gasteiger partial charge is 0.353 e. The smallest absolute Gasteiger partial charge is 0.251 e. The molecule has 1 heterocycles. The third kappa shape index (κ3) is 6.43. The number of benzene rings is 1. The van der Waals surface area contributed by atoms with Gasteiger partial charge in [0.15, 0.2) is 11.0 Å². The first kappa shape index (κ1) is 23.1. The highest BCUT2D eigenvalue weighted by Gasteiger charge is 2.21. The van der Waals surface area contributed by atoms with E-state index in [0.29, 0.717) is 29.1 Å². The molecule has 166 valence electrons. The standard InChI is InChI=1S/C23H31N5O2S/c1-4-13-28-21(17(3)24-22(30)18-10-8-9-16(2)14-18)26-27-23(28)31-15-20(29)25-19-11-6-5-7-12-19/h4,8-10,14,17,19H,1,5-7,11-13,15H2,2-3H3,(H,24,30)(H,25,29)/t17-/m1/s1. The van der Waals surface area contributed by atoms with Gasteiger partial charge in [-0.15, -0.1) is 16.8 Å². The molecular formula is C23H31N5O2S. The summed E-state index contributed by atoms with van der Waals surface area (Å²) in [5.74, 6) is 0.782. The van der Waals surface area contributed by atoms with Gasteiger partial charge in [0.2, 0.25) is 5.91 Å². The van der Waals surface area contributed by atoms with Crippen LogP contribution in [-0.4, -0.2) is 38.4 Å². The minimum absolute atomic E-state index is 0.0207. The van der Waals surface area contributed by atoms with Gasteiger partial charge in [0.1, 0.15) is 0 Å². The molecule has 1 aromatic carbocycles. The van der Waals surface area contributed by atoms with Crippen LogP contribution in [0.5, 0.6) is 0 Å². The molecule has 2 N–H and O–H groups in total. The van der Waals surface area contributed by atoms with Gasteiger partial charge in [0, 0.05) is 18.2 Å². The van der Waals surface area contributed by atoms with E-state index in [0.717, 1.165) is 18.4 Å². The number of nitrogens with one attached hydrogen (secondary N) is 2. The number of allylic oxidation sites excluding steroid dienone is 1. The number of hydrogen-bond donors (Lipinski definition) is 2. The maximum atomic E-state index is 12.6. The predicted octanol–water partition coefficient (Wildman–Crippen LogP) is 3.80. The second-order valence-corrected chi connectivity index (χ2v) is 8.94. The summed E-state index contributed by atoms with van der Waals surface area (Å²) < 4.78 is 1.90. The Hall–Kier alpha value is -2.61. The Morgan fingerprint density at radius 2 is 2.06 bits per heavy atom. The number of rotatable bonds is 9. The molecule has 1 aliphatic rings. The third-order valence-corrected chi connectivity index (χ3v) is 6.34. The van der Waals surface area contributed by atoms with Gasteiger partial charge in [0.05, 0.1) is 11.8 Å². The Balaban J connectivity index is 1.62. The fourth-order valence-corrected chi connectivity index (χ4v) is 4.57. The molecule has 1 aromatic heterocycles. The molecule has 0 unspecified atom stereocenters. The highest BCUT2D eigenvalue weighted by atomic mass is 32.2. The maximum Gasteiger partial charge on any atom is 0.251 e. The monoisotopic (exact) mass is 441 g/mol. The lowest BCUT2D eigenvalue weighted by Crippen LogP contribution is -2.37.